The first-order valence-electron chi connectivity index (χ1n) is 7.65. The molecule has 4 nitrogen and oxygen atoms in total. The SMILES string of the molecule is Cc1nn(C(C)C)c(C)c1NC1CC(N)c2ccccc21. The zero-order chi connectivity index (χ0) is 15.1. The number of hydrogen-bond donors (Lipinski definition) is 2. The van der Waals surface area contributed by atoms with Gasteiger partial charge in [-0.15, -0.1) is 0 Å². The lowest BCUT2D eigenvalue weighted by atomic mass is 10.1. The molecule has 3 N–H and O–H groups in total. The summed E-state index contributed by atoms with van der Waals surface area (Å²) in [7, 11) is 0. The Morgan fingerprint density at radius 1 is 1.24 bits per heavy atom. The summed E-state index contributed by atoms with van der Waals surface area (Å²) < 4.78 is 2.08. The van der Waals surface area contributed by atoms with Crippen LogP contribution < -0.4 is 11.1 Å². The lowest BCUT2D eigenvalue weighted by Crippen LogP contribution is -2.11. The molecule has 0 aliphatic heterocycles. The maximum atomic E-state index is 6.26. The van der Waals surface area contributed by atoms with Crippen LogP contribution in [-0.2, 0) is 0 Å². The second-order valence-corrected chi connectivity index (χ2v) is 6.25. The molecule has 1 aromatic heterocycles. The molecule has 0 spiro atoms. The van der Waals surface area contributed by atoms with Crippen LogP contribution in [0.5, 0.6) is 0 Å². The highest BCUT2D eigenvalue weighted by atomic mass is 15.3. The van der Waals surface area contributed by atoms with E-state index in [9.17, 15) is 0 Å². The number of hydrogen-bond acceptors (Lipinski definition) is 3. The average molecular weight is 284 g/mol. The number of benzene rings is 1. The highest BCUT2D eigenvalue weighted by molar-refractivity contribution is 5.55. The van der Waals surface area contributed by atoms with Crippen LogP contribution in [0.3, 0.4) is 0 Å². The summed E-state index contributed by atoms with van der Waals surface area (Å²) >= 11 is 0. The van der Waals surface area contributed by atoms with Crippen molar-refractivity contribution in [1.29, 1.82) is 0 Å². The fraction of sp³-hybridized carbons (Fsp3) is 0.471. The van der Waals surface area contributed by atoms with E-state index < -0.39 is 0 Å². The van der Waals surface area contributed by atoms with Gasteiger partial charge in [-0.1, -0.05) is 24.3 Å². The van der Waals surface area contributed by atoms with Crippen molar-refractivity contribution < 1.29 is 0 Å². The summed E-state index contributed by atoms with van der Waals surface area (Å²) in [4.78, 5) is 0. The molecule has 21 heavy (non-hydrogen) atoms. The van der Waals surface area contributed by atoms with Gasteiger partial charge >= 0.3 is 0 Å². The minimum Gasteiger partial charge on any atom is -0.375 e. The largest absolute Gasteiger partial charge is 0.375 e. The molecule has 1 aliphatic rings. The summed E-state index contributed by atoms with van der Waals surface area (Å²) in [5.41, 5.74) is 12.2. The van der Waals surface area contributed by atoms with Gasteiger partial charge in [-0.25, -0.2) is 0 Å². The molecule has 0 fully saturated rings. The molecule has 2 unspecified atom stereocenters. The fourth-order valence-electron chi connectivity index (χ4n) is 3.36. The first kappa shape index (κ1) is 14.1. The molecule has 0 saturated carbocycles. The molecular weight excluding hydrogens is 260 g/mol. The predicted molar refractivity (Wildman–Crippen MR) is 86.4 cm³/mol. The molecule has 2 aromatic rings. The Hall–Kier alpha value is -1.81. The number of nitrogens with two attached hydrogens (primary N) is 1. The van der Waals surface area contributed by atoms with E-state index >= 15 is 0 Å². The average Bonchev–Trinajstić information content (AvgIpc) is 2.92. The zero-order valence-electron chi connectivity index (χ0n) is 13.2. The minimum atomic E-state index is 0.124. The summed E-state index contributed by atoms with van der Waals surface area (Å²) in [6.07, 6.45) is 0.936. The van der Waals surface area contributed by atoms with E-state index in [0.29, 0.717) is 6.04 Å². The molecule has 0 amide bonds. The van der Waals surface area contributed by atoms with Crippen LogP contribution >= 0.6 is 0 Å². The van der Waals surface area contributed by atoms with Gasteiger partial charge in [0.2, 0.25) is 0 Å². The van der Waals surface area contributed by atoms with Gasteiger partial charge in [0.15, 0.2) is 0 Å². The topological polar surface area (TPSA) is 55.9 Å². The van der Waals surface area contributed by atoms with E-state index in [1.165, 1.54) is 16.8 Å². The summed E-state index contributed by atoms with van der Waals surface area (Å²) in [6.45, 7) is 8.51. The lowest BCUT2D eigenvalue weighted by Gasteiger charge is -2.16. The summed E-state index contributed by atoms with van der Waals surface area (Å²) in [5.74, 6) is 0. The van der Waals surface area contributed by atoms with E-state index in [1.807, 2.05) is 0 Å². The molecule has 3 rings (SSSR count). The second kappa shape index (κ2) is 5.19. The van der Waals surface area contributed by atoms with E-state index in [1.54, 1.807) is 0 Å². The number of nitrogens with one attached hydrogen (secondary N) is 1. The molecule has 0 saturated heterocycles. The van der Waals surface area contributed by atoms with Crippen LogP contribution in [0, 0.1) is 13.8 Å². The molecular formula is C17H24N4. The van der Waals surface area contributed by atoms with Crippen LogP contribution in [0.1, 0.15) is 60.9 Å². The van der Waals surface area contributed by atoms with Crippen LogP contribution in [0.4, 0.5) is 5.69 Å². The van der Waals surface area contributed by atoms with Gasteiger partial charge in [-0.2, -0.15) is 5.10 Å². The molecule has 112 valence electrons. The number of nitrogens with zero attached hydrogens (tertiary/aromatic N) is 2. The van der Waals surface area contributed by atoms with Crippen molar-refractivity contribution in [3.05, 3.63) is 46.8 Å². The van der Waals surface area contributed by atoms with E-state index in [4.69, 9.17) is 5.73 Å². The fourth-order valence-corrected chi connectivity index (χ4v) is 3.36. The number of anilines is 1. The number of aryl methyl sites for hydroxylation is 1. The van der Waals surface area contributed by atoms with Gasteiger partial charge < -0.3 is 11.1 Å². The lowest BCUT2D eigenvalue weighted by molar-refractivity contribution is 0.516. The maximum absolute atomic E-state index is 6.26. The van der Waals surface area contributed by atoms with Crippen LogP contribution in [0.2, 0.25) is 0 Å². The Morgan fingerprint density at radius 3 is 2.52 bits per heavy atom. The molecule has 0 radical (unpaired) electrons. The zero-order valence-corrected chi connectivity index (χ0v) is 13.2. The summed E-state index contributed by atoms with van der Waals surface area (Å²) in [6, 6.07) is 9.24. The molecule has 1 aromatic carbocycles. The molecule has 1 heterocycles. The Labute approximate surface area is 126 Å². The normalized spacial score (nSPS) is 20.9. The van der Waals surface area contributed by atoms with Gasteiger partial charge in [0.05, 0.1) is 23.1 Å². The van der Waals surface area contributed by atoms with Crippen LogP contribution in [0.25, 0.3) is 0 Å². The summed E-state index contributed by atoms with van der Waals surface area (Å²) in [5, 5.41) is 8.33. The third kappa shape index (κ3) is 2.33. The standard InChI is InChI=1S/C17H24N4/c1-10(2)21-12(4)17(11(3)20-21)19-16-9-15(18)13-7-5-6-8-14(13)16/h5-8,10,15-16,19H,9,18H2,1-4H3. The predicted octanol–water partition coefficient (Wildman–Crippen LogP) is 3.64. The molecule has 4 heteroatoms. The highest BCUT2D eigenvalue weighted by Crippen LogP contribution is 2.40. The van der Waals surface area contributed by atoms with E-state index in [0.717, 1.165) is 17.8 Å². The smallest absolute Gasteiger partial charge is 0.0828 e. The van der Waals surface area contributed by atoms with E-state index in [-0.39, 0.29) is 12.1 Å². The third-order valence-corrected chi connectivity index (χ3v) is 4.39. The van der Waals surface area contributed by atoms with Gasteiger partial charge in [-0.3, -0.25) is 4.68 Å². The first-order chi connectivity index (χ1) is 9.99. The molecule has 1 aliphatic carbocycles. The quantitative estimate of drug-likeness (QED) is 0.904. The van der Waals surface area contributed by atoms with Gasteiger partial charge in [0, 0.05) is 12.1 Å². The number of aromatic nitrogens is 2. The van der Waals surface area contributed by atoms with Gasteiger partial charge in [-0.05, 0) is 45.2 Å². The van der Waals surface area contributed by atoms with E-state index in [2.05, 4.69) is 67.1 Å². The number of fused-ring (bicyclic) bond motifs is 1. The maximum Gasteiger partial charge on any atom is 0.0828 e. The molecule has 0 bridgehead atoms. The monoisotopic (exact) mass is 284 g/mol. The Morgan fingerprint density at radius 2 is 1.90 bits per heavy atom. The Bertz CT molecular complexity index is 657. The van der Waals surface area contributed by atoms with Crippen molar-refractivity contribution in [2.24, 2.45) is 5.73 Å². The molecule has 2 atom stereocenters. The van der Waals surface area contributed by atoms with Crippen molar-refractivity contribution in [2.45, 2.75) is 52.2 Å². The van der Waals surface area contributed by atoms with Gasteiger partial charge in [0.25, 0.3) is 0 Å². The Balaban J connectivity index is 1.92. The van der Waals surface area contributed by atoms with Gasteiger partial charge in [0.1, 0.15) is 0 Å². The van der Waals surface area contributed by atoms with Crippen molar-refractivity contribution in [3.8, 4) is 0 Å². The first-order valence-corrected chi connectivity index (χ1v) is 7.65. The Kier molecular flexibility index (Phi) is 3.49. The minimum absolute atomic E-state index is 0.124. The van der Waals surface area contributed by atoms with Crippen LogP contribution in [-0.4, -0.2) is 9.78 Å². The second-order valence-electron chi connectivity index (χ2n) is 6.25. The highest BCUT2D eigenvalue weighted by Gasteiger charge is 2.29. The van der Waals surface area contributed by atoms with Crippen molar-refractivity contribution in [1.82, 2.24) is 9.78 Å². The third-order valence-electron chi connectivity index (χ3n) is 4.39. The van der Waals surface area contributed by atoms with Crippen LogP contribution in [0.15, 0.2) is 24.3 Å². The number of rotatable bonds is 3. The van der Waals surface area contributed by atoms with Crippen molar-refractivity contribution >= 4 is 5.69 Å². The van der Waals surface area contributed by atoms with Crippen molar-refractivity contribution in [2.75, 3.05) is 5.32 Å². The van der Waals surface area contributed by atoms with Crippen molar-refractivity contribution in [3.63, 3.8) is 0 Å².